The van der Waals surface area contributed by atoms with Crippen LogP contribution in [0.4, 0.5) is 10.5 Å². The van der Waals surface area contributed by atoms with E-state index in [1.807, 2.05) is 42.5 Å². The third-order valence-electron chi connectivity index (χ3n) is 3.57. The number of carbonyl (C=O) groups is 1. The zero-order valence-electron chi connectivity index (χ0n) is 13.3. The molecule has 0 fully saturated rings. The summed E-state index contributed by atoms with van der Waals surface area (Å²) in [6.07, 6.45) is 0.807. The number of fused-ring (bicyclic) bond motifs is 1. The van der Waals surface area contributed by atoms with Gasteiger partial charge in [0, 0.05) is 9.26 Å². The summed E-state index contributed by atoms with van der Waals surface area (Å²) in [5.74, 6) is 0.690. The van der Waals surface area contributed by atoms with Crippen LogP contribution in [-0.2, 0) is 0 Å². The molecular weight excluding hydrogens is 417 g/mol. The monoisotopic (exact) mass is 433 g/mol. The van der Waals surface area contributed by atoms with Gasteiger partial charge in [0.25, 0.3) is 0 Å². The second kappa shape index (κ2) is 7.12. The minimum Gasteiger partial charge on any atom is -0.390 e. The summed E-state index contributed by atoms with van der Waals surface area (Å²) in [4.78, 5) is 20.4. The maximum Gasteiger partial charge on any atom is 0.418 e. The lowest BCUT2D eigenvalue weighted by molar-refractivity contribution is 0.214. The summed E-state index contributed by atoms with van der Waals surface area (Å²) in [7, 11) is 0. The zero-order valence-corrected chi connectivity index (χ0v) is 15.4. The van der Waals surface area contributed by atoms with Crippen molar-refractivity contribution in [3.05, 3.63) is 57.9 Å². The summed E-state index contributed by atoms with van der Waals surface area (Å²) in [5.41, 5.74) is 2.62. The van der Waals surface area contributed by atoms with Crippen molar-refractivity contribution in [2.45, 2.75) is 19.8 Å². The third-order valence-corrected chi connectivity index (χ3v) is 4.24. The van der Waals surface area contributed by atoms with Gasteiger partial charge in [-0.15, -0.1) is 0 Å². The number of nitrogens with zero attached hydrogens (tertiary/aromatic N) is 2. The number of benzene rings is 2. The second-order valence-corrected chi connectivity index (χ2v) is 6.88. The number of halogens is 1. The van der Waals surface area contributed by atoms with Crippen LogP contribution in [0.2, 0.25) is 0 Å². The van der Waals surface area contributed by atoms with E-state index < -0.39 is 6.09 Å². The van der Waals surface area contributed by atoms with Crippen molar-refractivity contribution in [2.24, 2.45) is 0 Å². The molecule has 0 atom stereocenters. The SMILES string of the molecule is CC(C)c1ccc(NC(=O)Oc2ncnc3ccc(I)cc23)cc1. The minimum atomic E-state index is -0.578. The van der Waals surface area contributed by atoms with Crippen LogP contribution in [0.1, 0.15) is 25.3 Å². The quantitative estimate of drug-likeness (QED) is 0.593. The molecule has 0 unspecified atom stereocenters. The summed E-state index contributed by atoms with van der Waals surface area (Å²) in [6, 6.07) is 13.4. The molecule has 5 nitrogen and oxygen atoms in total. The van der Waals surface area contributed by atoms with E-state index in [2.05, 4.69) is 51.7 Å². The largest absolute Gasteiger partial charge is 0.418 e. The van der Waals surface area contributed by atoms with Crippen LogP contribution in [0, 0.1) is 3.57 Å². The number of amides is 1. The number of hydrogen-bond acceptors (Lipinski definition) is 4. The lowest BCUT2D eigenvalue weighted by Crippen LogP contribution is -2.17. The lowest BCUT2D eigenvalue weighted by atomic mass is 10.0. The molecule has 0 saturated carbocycles. The molecular formula is C18H16IN3O2. The van der Waals surface area contributed by atoms with Gasteiger partial charge in [0.1, 0.15) is 6.33 Å². The molecule has 24 heavy (non-hydrogen) atoms. The van der Waals surface area contributed by atoms with Gasteiger partial charge < -0.3 is 4.74 Å². The van der Waals surface area contributed by atoms with Gasteiger partial charge in [-0.1, -0.05) is 26.0 Å². The van der Waals surface area contributed by atoms with Crippen LogP contribution in [0.5, 0.6) is 5.88 Å². The Hall–Kier alpha value is -2.22. The van der Waals surface area contributed by atoms with Crippen LogP contribution in [0.15, 0.2) is 48.8 Å². The summed E-state index contributed by atoms with van der Waals surface area (Å²) in [5, 5.41) is 3.42. The Morgan fingerprint density at radius 2 is 1.88 bits per heavy atom. The summed E-state index contributed by atoms with van der Waals surface area (Å²) in [6.45, 7) is 4.25. The van der Waals surface area contributed by atoms with Crippen molar-refractivity contribution >= 4 is 45.3 Å². The van der Waals surface area contributed by atoms with Gasteiger partial charge in [-0.05, 0) is 64.4 Å². The molecule has 0 aliphatic carbocycles. The van der Waals surface area contributed by atoms with Crippen LogP contribution in [0.25, 0.3) is 10.9 Å². The van der Waals surface area contributed by atoms with Crippen molar-refractivity contribution in [3.8, 4) is 5.88 Å². The van der Waals surface area contributed by atoms with E-state index in [0.29, 0.717) is 17.0 Å². The Kier molecular flexibility index (Phi) is 4.94. The molecule has 122 valence electrons. The Labute approximate surface area is 153 Å². The van der Waals surface area contributed by atoms with Gasteiger partial charge in [-0.25, -0.2) is 14.8 Å². The average molecular weight is 433 g/mol. The number of carbonyl (C=O) groups excluding carboxylic acids is 1. The lowest BCUT2D eigenvalue weighted by Gasteiger charge is -2.09. The number of aromatic nitrogens is 2. The van der Waals surface area contributed by atoms with E-state index >= 15 is 0 Å². The Bertz CT molecular complexity index is 879. The van der Waals surface area contributed by atoms with Gasteiger partial charge in [-0.2, -0.15) is 0 Å². The highest BCUT2D eigenvalue weighted by molar-refractivity contribution is 14.1. The molecule has 1 amide bonds. The maximum absolute atomic E-state index is 12.1. The molecule has 0 spiro atoms. The topological polar surface area (TPSA) is 64.1 Å². The third kappa shape index (κ3) is 3.81. The molecule has 2 aromatic carbocycles. The Morgan fingerprint density at radius 3 is 2.58 bits per heavy atom. The van der Waals surface area contributed by atoms with Gasteiger partial charge in [-0.3, -0.25) is 5.32 Å². The van der Waals surface area contributed by atoms with Crippen molar-refractivity contribution < 1.29 is 9.53 Å². The predicted molar refractivity (Wildman–Crippen MR) is 102 cm³/mol. The smallest absolute Gasteiger partial charge is 0.390 e. The van der Waals surface area contributed by atoms with Crippen molar-refractivity contribution in [2.75, 3.05) is 5.32 Å². The van der Waals surface area contributed by atoms with E-state index in [0.717, 1.165) is 9.09 Å². The molecule has 1 heterocycles. The highest BCUT2D eigenvalue weighted by atomic mass is 127. The standard InChI is InChI=1S/C18H16IN3O2/c1-11(2)12-3-6-14(7-4-12)22-18(23)24-17-15-9-13(19)5-8-16(15)20-10-21-17/h3-11H,1-2H3,(H,22,23). The highest BCUT2D eigenvalue weighted by Gasteiger charge is 2.11. The van der Waals surface area contributed by atoms with Crippen LogP contribution in [-0.4, -0.2) is 16.1 Å². The average Bonchev–Trinajstić information content (AvgIpc) is 2.56. The van der Waals surface area contributed by atoms with E-state index in [9.17, 15) is 4.79 Å². The van der Waals surface area contributed by atoms with Crippen LogP contribution < -0.4 is 10.1 Å². The molecule has 1 aromatic heterocycles. The van der Waals surface area contributed by atoms with Gasteiger partial charge >= 0.3 is 6.09 Å². The van der Waals surface area contributed by atoms with E-state index in [1.165, 1.54) is 11.9 Å². The van der Waals surface area contributed by atoms with E-state index in [1.54, 1.807) is 0 Å². The molecule has 0 bridgehead atoms. The fourth-order valence-corrected chi connectivity index (χ4v) is 2.76. The summed E-state index contributed by atoms with van der Waals surface area (Å²) < 4.78 is 6.38. The molecule has 0 saturated heterocycles. The molecule has 6 heteroatoms. The molecule has 1 N–H and O–H groups in total. The van der Waals surface area contributed by atoms with E-state index in [4.69, 9.17) is 4.74 Å². The van der Waals surface area contributed by atoms with Gasteiger partial charge in [0.2, 0.25) is 5.88 Å². The molecule has 0 radical (unpaired) electrons. The fraction of sp³-hybridized carbons (Fsp3) is 0.167. The van der Waals surface area contributed by atoms with Crippen LogP contribution in [0.3, 0.4) is 0 Å². The van der Waals surface area contributed by atoms with E-state index in [-0.39, 0.29) is 5.88 Å². The predicted octanol–water partition coefficient (Wildman–Crippen LogP) is 4.97. The van der Waals surface area contributed by atoms with Crippen molar-refractivity contribution in [3.63, 3.8) is 0 Å². The molecule has 3 aromatic rings. The first-order chi connectivity index (χ1) is 11.5. The fourth-order valence-electron chi connectivity index (χ4n) is 2.27. The Morgan fingerprint density at radius 1 is 1.12 bits per heavy atom. The second-order valence-electron chi connectivity index (χ2n) is 5.63. The number of nitrogens with one attached hydrogen (secondary N) is 1. The molecule has 0 aliphatic rings. The van der Waals surface area contributed by atoms with Crippen molar-refractivity contribution in [1.29, 1.82) is 0 Å². The number of ether oxygens (including phenoxy) is 1. The van der Waals surface area contributed by atoms with Gasteiger partial charge in [0.05, 0.1) is 10.9 Å². The number of anilines is 1. The first-order valence-corrected chi connectivity index (χ1v) is 8.60. The van der Waals surface area contributed by atoms with Gasteiger partial charge in [0.15, 0.2) is 0 Å². The highest BCUT2D eigenvalue weighted by Crippen LogP contribution is 2.24. The first kappa shape index (κ1) is 16.6. The zero-order chi connectivity index (χ0) is 17.1. The minimum absolute atomic E-state index is 0.245. The molecule has 3 rings (SSSR count). The molecule has 0 aliphatic heterocycles. The summed E-state index contributed by atoms with van der Waals surface area (Å²) >= 11 is 2.19. The normalized spacial score (nSPS) is 10.8. The maximum atomic E-state index is 12.1. The first-order valence-electron chi connectivity index (χ1n) is 7.52. The Balaban J connectivity index is 1.76. The van der Waals surface area contributed by atoms with Crippen molar-refractivity contribution in [1.82, 2.24) is 9.97 Å². The number of rotatable bonds is 3. The van der Waals surface area contributed by atoms with Crippen LogP contribution >= 0.6 is 22.6 Å². The number of hydrogen-bond donors (Lipinski definition) is 1.